The van der Waals surface area contributed by atoms with Gasteiger partial charge in [0.2, 0.25) is 0 Å². The quantitative estimate of drug-likeness (QED) is 0.402. The van der Waals surface area contributed by atoms with Gasteiger partial charge in [0, 0.05) is 6.08 Å². The topological polar surface area (TPSA) is 87.1 Å². The van der Waals surface area contributed by atoms with E-state index in [1.165, 1.54) is 6.08 Å². The summed E-state index contributed by atoms with van der Waals surface area (Å²) in [4.78, 5) is 30.0. The highest BCUT2D eigenvalue weighted by molar-refractivity contribution is 5.87. The highest BCUT2D eigenvalue weighted by Crippen LogP contribution is 2.16. The summed E-state index contributed by atoms with van der Waals surface area (Å²) in [6, 6.07) is 7.44. The molecule has 0 aliphatic carbocycles. The molecule has 1 aromatic carbocycles. The van der Waals surface area contributed by atoms with Crippen LogP contribution in [0.3, 0.4) is 0 Å². The summed E-state index contributed by atoms with van der Waals surface area (Å²) in [5.41, 5.74) is 7.53. The number of benzene rings is 1. The Morgan fingerprint density at radius 1 is 0.719 bits per heavy atom. The molecule has 0 saturated heterocycles. The molecule has 2 heterocycles. The van der Waals surface area contributed by atoms with Crippen molar-refractivity contribution in [1.29, 1.82) is 0 Å². The van der Waals surface area contributed by atoms with Gasteiger partial charge in [-0.2, -0.15) is 0 Å². The van der Waals surface area contributed by atoms with Gasteiger partial charge in [-0.15, -0.1) is 0 Å². The molecular formula is C25H28N4O3. The molecule has 0 spiro atoms. The van der Waals surface area contributed by atoms with E-state index < -0.39 is 5.97 Å². The summed E-state index contributed by atoms with van der Waals surface area (Å²) < 4.78 is 11.1. The van der Waals surface area contributed by atoms with Crippen LogP contribution in [0, 0.1) is 41.5 Å². The zero-order chi connectivity index (χ0) is 23.3. The van der Waals surface area contributed by atoms with Crippen molar-refractivity contribution in [1.82, 2.24) is 19.9 Å². The van der Waals surface area contributed by atoms with Crippen LogP contribution in [0.2, 0.25) is 0 Å². The smallest absolute Gasteiger partial charge is 0.331 e. The number of carbonyl (C=O) groups is 1. The molecule has 0 unspecified atom stereocenters. The Labute approximate surface area is 188 Å². The van der Waals surface area contributed by atoms with Gasteiger partial charge in [-0.3, -0.25) is 19.9 Å². The minimum atomic E-state index is -0.437. The molecule has 0 N–H and O–H groups in total. The zero-order valence-corrected chi connectivity index (χ0v) is 19.4. The molecule has 0 radical (unpaired) electrons. The Kier molecular flexibility index (Phi) is 7.30. The molecule has 3 rings (SSSR count). The molecule has 2 aromatic heterocycles. The maximum atomic E-state index is 12.1. The fraction of sp³-hybridized carbons (Fsp3) is 0.320. The van der Waals surface area contributed by atoms with E-state index in [0.717, 1.165) is 45.4 Å². The van der Waals surface area contributed by atoms with Crippen LogP contribution in [0.1, 0.15) is 51.1 Å². The Bertz CT molecular complexity index is 1150. The van der Waals surface area contributed by atoms with Crippen molar-refractivity contribution in [2.45, 2.75) is 54.8 Å². The van der Waals surface area contributed by atoms with Crippen LogP contribution in [0.15, 0.2) is 30.3 Å². The van der Waals surface area contributed by atoms with Crippen LogP contribution in [0.5, 0.6) is 5.75 Å². The van der Waals surface area contributed by atoms with E-state index in [-0.39, 0.29) is 6.61 Å². The van der Waals surface area contributed by atoms with Crippen molar-refractivity contribution in [3.63, 3.8) is 0 Å². The third kappa shape index (κ3) is 5.97. The Balaban J connectivity index is 1.53. The molecule has 0 bridgehead atoms. The SMILES string of the molecule is Cc1nc(C)c(COC(=O)/C=C/c2ccc(OCc3nc(C)c(C)nc3C)cc2)nc1C. The number of hydrogen-bond acceptors (Lipinski definition) is 7. The van der Waals surface area contributed by atoms with E-state index in [1.54, 1.807) is 6.08 Å². The lowest BCUT2D eigenvalue weighted by Crippen LogP contribution is -2.07. The number of hydrogen-bond donors (Lipinski definition) is 0. The number of nitrogens with zero attached hydrogens (tertiary/aromatic N) is 4. The summed E-state index contributed by atoms with van der Waals surface area (Å²) in [5.74, 6) is 0.279. The van der Waals surface area contributed by atoms with Gasteiger partial charge in [0.05, 0.1) is 45.6 Å². The number of rotatable bonds is 7. The fourth-order valence-corrected chi connectivity index (χ4v) is 2.97. The van der Waals surface area contributed by atoms with Crippen molar-refractivity contribution >= 4 is 12.0 Å². The maximum Gasteiger partial charge on any atom is 0.331 e. The molecule has 0 fully saturated rings. The molecule has 3 aromatic rings. The second-order valence-corrected chi connectivity index (χ2v) is 7.65. The van der Waals surface area contributed by atoms with E-state index in [2.05, 4.69) is 19.9 Å². The summed E-state index contributed by atoms with van der Waals surface area (Å²) in [7, 11) is 0. The van der Waals surface area contributed by atoms with Crippen LogP contribution < -0.4 is 4.74 Å². The minimum Gasteiger partial charge on any atom is -0.487 e. The molecule has 166 valence electrons. The average molecular weight is 433 g/mol. The molecule has 0 atom stereocenters. The van der Waals surface area contributed by atoms with Gasteiger partial charge in [-0.25, -0.2) is 4.79 Å². The molecule has 7 heteroatoms. The second-order valence-electron chi connectivity index (χ2n) is 7.65. The lowest BCUT2D eigenvalue weighted by molar-refractivity contribution is -0.139. The lowest BCUT2D eigenvalue weighted by Gasteiger charge is -2.10. The van der Waals surface area contributed by atoms with Crippen molar-refractivity contribution in [3.05, 3.63) is 81.5 Å². The second kappa shape index (κ2) is 10.1. The molecule has 0 amide bonds. The number of carbonyl (C=O) groups excluding carboxylic acids is 1. The Hall–Kier alpha value is -3.61. The van der Waals surface area contributed by atoms with E-state index in [0.29, 0.717) is 18.1 Å². The number of aromatic nitrogens is 4. The predicted octanol–water partition coefficient (Wildman–Crippen LogP) is 4.45. The Morgan fingerprint density at radius 3 is 1.78 bits per heavy atom. The molecule has 7 nitrogen and oxygen atoms in total. The lowest BCUT2D eigenvalue weighted by atomic mass is 10.2. The van der Waals surface area contributed by atoms with Gasteiger partial charge in [0.1, 0.15) is 19.0 Å². The first-order valence-corrected chi connectivity index (χ1v) is 10.4. The van der Waals surface area contributed by atoms with Gasteiger partial charge < -0.3 is 9.47 Å². The number of aryl methyl sites for hydroxylation is 6. The fourth-order valence-electron chi connectivity index (χ4n) is 2.97. The third-order valence-electron chi connectivity index (χ3n) is 5.18. The van der Waals surface area contributed by atoms with Gasteiger partial charge in [-0.05, 0) is 65.3 Å². The summed E-state index contributed by atoms with van der Waals surface area (Å²) in [5, 5.41) is 0. The number of ether oxygens (including phenoxy) is 2. The Morgan fingerprint density at radius 2 is 1.22 bits per heavy atom. The van der Waals surface area contributed by atoms with Crippen LogP contribution >= 0.6 is 0 Å². The van der Waals surface area contributed by atoms with Crippen molar-refractivity contribution in [2.75, 3.05) is 0 Å². The third-order valence-corrected chi connectivity index (χ3v) is 5.18. The van der Waals surface area contributed by atoms with Crippen LogP contribution in [-0.2, 0) is 22.7 Å². The van der Waals surface area contributed by atoms with Crippen LogP contribution in [0.25, 0.3) is 6.08 Å². The van der Waals surface area contributed by atoms with Gasteiger partial charge in [0.15, 0.2) is 0 Å². The predicted molar refractivity (Wildman–Crippen MR) is 122 cm³/mol. The minimum absolute atomic E-state index is 0.0939. The van der Waals surface area contributed by atoms with Crippen molar-refractivity contribution < 1.29 is 14.3 Å². The van der Waals surface area contributed by atoms with Crippen molar-refractivity contribution in [2.24, 2.45) is 0 Å². The van der Waals surface area contributed by atoms with E-state index in [1.807, 2.05) is 65.8 Å². The van der Waals surface area contributed by atoms with Crippen LogP contribution in [-0.4, -0.2) is 25.9 Å². The first kappa shape index (κ1) is 23.1. The molecule has 0 saturated carbocycles. The number of esters is 1. The van der Waals surface area contributed by atoms with Crippen molar-refractivity contribution in [3.8, 4) is 5.75 Å². The monoisotopic (exact) mass is 432 g/mol. The van der Waals surface area contributed by atoms with Crippen LogP contribution in [0.4, 0.5) is 0 Å². The first-order valence-electron chi connectivity index (χ1n) is 10.4. The first-order chi connectivity index (χ1) is 15.2. The van der Waals surface area contributed by atoms with E-state index in [9.17, 15) is 4.79 Å². The highest BCUT2D eigenvalue weighted by atomic mass is 16.5. The molecular weight excluding hydrogens is 404 g/mol. The normalized spacial score (nSPS) is 11.1. The maximum absolute atomic E-state index is 12.1. The zero-order valence-electron chi connectivity index (χ0n) is 19.4. The summed E-state index contributed by atoms with van der Waals surface area (Å²) >= 11 is 0. The molecule has 0 aliphatic rings. The summed E-state index contributed by atoms with van der Waals surface area (Å²) in [6.45, 7) is 11.9. The van der Waals surface area contributed by atoms with Gasteiger partial charge >= 0.3 is 5.97 Å². The highest BCUT2D eigenvalue weighted by Gasteiger charge is 2.08. The van der Waals surface area contributed by atoms with Gasteiger partial charge in [-0.1, -0.05) is 12.1 Å². The van der Waals surface area contributed by atoms with Gasteiger partial charge in [0.25, 0.3) is 0 Å². The molecule has 0 aliphatic heterocycles. The largest absolute Gasteiger partial charge is 0.487 e. The van der Waals surface area contributed by atoms with E-state index in [4.69, 9.17) is 9.47 Å². The average Bonchev–Trinajstić information content (AvgIpc) is 2.76. The standard InChI is InChI=1S/C25H28N4O3/c1-15-17(3)28-23(19(5)26-15)13-31-22-10-7-21(8-11-22)9-12-25(30)32-14-24-20(6)27-16(2)18(4)29-24/h7-12H,13-14H2,1-6H3/b12-9+. The summed E-state index contributed by atoms with van der Waals surface area (Å²) in [6.07, 6.45) is 3.09. The molecule has 32 heavy (non-hydrogen) atoms. The van der Waals surface area contributed by atoms with E-state index >= 15 is 0 Å².